The van der Waals surface area contributed by atoms with Crippen molar-refractivity contribution >= 4 is 34.4 Å². The highest BCUT2D eigenvalue weighted by atomic mass is 19.1. The Morgan fingerprint density at radius 1 is 0.978 bits per heavy atom. The van der Waals surface area contributed by atoms with Crippen LogP contribution < -0.4 is 5.32 Å². The monoisotopic (exact) mass is 620 g/mol. The maximum absolute atomic E-state index is 13.9. The number of halogens is 1. The maximum atomic E-state index is 13.9. The van der Waals surface area contributed by atoms with Gasteiger partial charge in [0.1, 0.15) is 5.82 Å². The second kappa shape index (κ2) is 13.2. The van der Waals surface area contributed by atoms with Crippen LogP contribution >= 0.6 is 0 Å². The Hall–Kier alpha value is -3.92. The Labute approximate surface area is 264 Å². The van der Waals surface area contributed by atoms with E-state index in [1.54, 1.807) is 26.8 Å². The predicted molar refractivity (Wildman–Crippen MR) is 171 cm³/mol. The number of benzene rings is 2. The van der Waals surface area contributed by atoms with Crippen molar-refractivity contribution in [2.24, 2.45) is 11.3 Å². The highest BCUT2D eigenvalue weighted by Crippen LogP contribution is 2.38. The minimum atomic E-state index is -0.670. The minimum absolute atomic E-state index is 0.0544. The van der Waals surface area contributed by atoms with Crippen LogP contribution in [-0.4, -0.2) is 71.7 Å². The molecule has 45 heavy (non-hydrogen) atoms. The average molecular weight is 621 g/mol. The predicted octanol–water partition coefficient (Wildman–Crippen LogP) is 5.58. The molecule has 3 aromatic rings. The molecule has 0 bridgehead atoms. The summed E-state index contributed by atoms with van der Waals surface area (Å²) in [6, 6.07) is 8.79. The summed E-state index contributed by atoms with van der Waals surface area (Å²) >= 11 is 0. The molecule has 0 spiro atoms. The SMILES string of the molecule is Cc1cc(F)ccc1CNc1cc(C(=O)N2CCN(CC(=O)OCOC(=O)C(C)(C)C)CC2)cc2c(C)c(C)n(CC3CC3)c12. The van der Waals surface area contributed by atoms with Crippen molar-refractivity contribution < 1.29 is 28.2 Å². The van der Waals surface area contributed by atoms with Crippen LogP contribution in [0.3, 0.4) is 0 Å². The molecule has 1 amide bonds. The Morgan fingerprint density at radius 2 is 1.69 bits per heavy atom. The van der Waals surface area contributed by atoms with E-state index in [2.05, 4.69) is 23.7 Å². The molecule has 1 aliphatic heterocycles. The maximum Gasteiger partial charge on any atom is 0.323 e. The van der Waals surface area contributed by atoms with Gasteiger partial charge in [-0.1, -0.05) is 6.07 Å². The largest absolute Gasteiger partial charge is 0.427 e. The first-order chi connectivity index (χ1) is 21.3. The molecule has 0 radical (unpaired) electrons. The van der Waals surface area contributed by atoms with E-state index in [1.807, 2.05) is 28.9 Å². The zero-order chi connectivity index (χ0) is 32.5. The van der Waals surface area contributed by atoms with Gasteiger partial charge < -0.3 is 24.3 Å². The number of nitrogens with one attached hydrogen (secondary N) is 1. The summed E-state index contributed by atoms with van der Waals surface area (Å²) in [7, 11) is 0. The van der Waals surface area contributed by atoms with E-state index in [4.69, 9.17) is 9.47 Å². The summed E-state index contributed by atoms with van der Waals surface area (Å²) in [6.07, 6.45) is 2.47. The van der Waals surface area contributed by atoms with E-state index >= 15 is 0 Å². The van der Waals surface area contributed by atoms with Crippen LogP contribution in [0.4, 0.5) is 10.1 Å². The minimum Gasteiger partial charge on any atom is -0.427 e. The van der Waals surface area contributed by atoms with Gasteiger partial charge in [0.05, 0.1) is 23.2 Å². The fraction of sp³-hybridized carbons (Fsp3) is 0.514. The van der Waals surface area contributed by atoms with Crippen LogP contribution in [0.15, 0.2) is 30.3 Å². The summed E-state index contributed by atoms with van der Waals surface area (Å²) in [6.45, 7) is 14.5. The molecule has 1 aliphatic carbocycles. The molecule has 10 heteroatoms. The number of hydrogen-bond donors (Lipinski definition) is 1. The van der Waals surface area contributed by atoms with E-state index in [1.165, 1.54) is 30.7 Å². The molecule has 0 unspecified atom stereocenters. The first-order valence-electron chi connectivity index (χ1n) is 15.8. The van der Waals surface area contributed by atoms with Gasteiger partial charge in [-0.05, 0) is 101 Å². The van der Waals surface area contributed by atoms with Gasteiger partial charge in [-0.2, -0.15) is 0 Å². The normalized spacial score (nSPS) is 15.8. The van der Waals surface area contributed by atoms with E-state index < -0.39 is 24.1 Å². The summed E-state index contributed by atoms with van der Waals surface area (Å²) in [5.74, 6) is -0.542. The number of aryl methyl sites for hydroxylation is 2. The van der Waals surface area contributed by atoms with Crippen LogP contribution in [0, 0.1) is 37.9 Å². The Bertz CT molecular complexity index is 1600. The Kier molecular flexibility index (Phi) is 9.53. The van der Waals surface area contributed by atoms with Gasteiger partial charge >= 0.3 is 11.9 Å². The second-order valence-electron chi connectivity index (χ2n) is 13.5. The van der Waals surface area contributed by atoms with Crippen molar-refractivity contribution in [3.05, 3.63) is 64.1 Å². The highest BCUT2D eigenvalue weighted by molar-refractivity contribution is 6.04. The van der Waals surface area contributed by atoms with E-state index in [0.717, 1.165) is 39.8 Å². The third kappa shape index (κ3) is 7.66. The molecular formula is C35H45FN4O5. The van der Waals surface area contributed by atoms with Crippen LogP contribution in [0.5, 0.6) is 0 Å². The van der Waals surface area contributed by atoms with Gasteiger partial charge in [0.15, 0.2) is 0 Å². The number of aromatic nitrogens is 1. The Morgan fingerprint density at radius 3 is 2.33 bits per heavy atom. The molecule has 1 aromatic heterocycles. The standard InChI is InChI=1S/C35H45FN4O5/c1-22-15-28(36)10-9-26(22)18-37-30-17-27(16-29-23(2)24(3)40(32(29)30)19-25-7-8-25)33(42)39-13-11-38(12-14-39)20-31(41)44-21-45-34(43)35(4,5)6/h9-10,15-17,25,37H,7-8,11-14,18-21H2,1-6H3. The molecule has 2 fully saturated rings. The fourth-order valence-electron chi connectivity index (χ4n) is 5.75. The molecule has 2 aromatic carbocycles. The number of rotatable bonds is 10. The molecule has 9 nitrogen and oxygen atoms in total. The van der Waals surface area contributed by atoms with Crippen molar-refractivity contribution in [1.29, 1.82) is 0 Å². The van der Waals surface area contributed by atoms with Gasteiger partial charge in [0, 0.05) is 55.9 Å². The van der Waals surface area contributed by atoms with Crippen molar-refractivity contribution in [3.63, 3.8) is 0 Å². The third-order valence-electron chi connectivity index (χ3n) is 8.92. The van der Waals surface area contributed by atoms with Crippen molar-refractivity contribution in [1.82, 2.24) is 14.4 Å². The zero-order valence-electron chi connectivity index (χ0n) is 27.3. The number of fused-ring (bicyclic) bond motifs is 1. The third-order valence-corrected chi connectivity index (χ3v) is 8.92. The molecule has 242 valence electrons. The highest BCUT2D eigenvalue weighted by Gasteiger charge is 2.28. The number of carbonyl (C=O) groups is 3. The molecule has 2 heterocycles. The van der Waals surface area contributed by atoms with E-state index in [9.17, 15) is 18.8 Å². The number of nitrogens with zero attached hydrogens (tertiary/aromatic N) is 3. The first kappa shape index (κ1) is 32.5. The average Bonchev–Trinajstić information content (AvgIpc) is 3.78. The number of amides is 1. The van der Waals surface area contributed by atoms with Gasteiger partial charge in [-0.3, -0.25) is 19.3 Å². The van der Waals surface area contributed by atoms with Crippen LogP contribution in [-0.2, 0) is 32.2 Å². The summed E-state index contributed by atoms with van der Waals surface area (Å²) in [5.41, 5.74) is 6.18. The number of esters is 2. The van der Waals surface area contributed by atoms with E-state index in [-0.39, 0.29) is 18.3 Å². The lowest BCUT2D eigenvalue weighted by atomic mass is 9.98. The molecular weight excluding hydrogens is 575 g/mol. The summed E-state index contributed by atoms with van der Waals surface area (Å²) < 4.78 is 26.3. The smallest absolute Gasteiger partial charge is 0.323 e. The van der Waals surface area contributed by atoms with Crippen LogP contribution in [0.2, 0.25) is 0 Å². The molecule has 1 saturated heterocycles. The van der Waals surface area contributed by atoms with Gasteiger partial charge in [-0.15, -0.1) is 0 Å². The molecule has 0 atom stereocenters. The lowest BCUT2D eigenvalue weighted by Crippen LogP contribution is -2.50. The Balaban J connectivity index is 1.28. The lowest BCUT2D eigenvalue weighted by Gasteiger charge is -2.34. The number of carbonyl (C=O) groups excluding carboxylic acids is 3. The molecule has 5 rings (SSSR count). The topological polar surface area (TPSA) is 93.1 Å². The molecule has 1 N–H and O–H groups in total. The number of piperazine rings is 1. The summed E-state index contributed by atoms with van der Waals surface area (Å²) in [4.78, 5) is 41.8. The molecule has 2 aliphatic rings. The van der Waals surface area contributed by atoms with Gasteiger partial charge in [0.2, 0.25) is 6.79 Å². The number of anilines is 1. The first-order valence-corrected chi connectivity index (χ1v) is 15.8. The molecule has 1 saturated carbocycles. The van der Waals surface area contributed by atoms with Crippen LogP contribution in [0.25, 0.3) is 10.9 Å². The fourth-order valence-corrected chi connectivity index (χ4v) is 5.75. The second-order valence-corrected chi connectivity index (χ2v) is 13.5. The quantitative estimate of drug-likeness (QED) is 0.234. The zero-order valence-corrected chi connectivity index (χ0v) is 27.3. The van der Waals surface area contributed by atoms with E-state index in [0.29, 0.717) is 44.2 Å². The van der Waals surface area contributed by atoms with Crippen molar-refractivity contribution in [2.75, 3.05) is 44.8 Å². The van der Waals surface area contributed by atoms with Crippen molar-refractivity contribution in [2.45, 2.75) is 67.5 Å². The van der Waals surface area contributed by atoms with Gasteiger partial charge in [0.25, 0.3) is 5.91 Å². The van der Waals surface area contributed by atoms with Gasteiger partial charge in [-0.25, -0.2) is 4.39 Å². The van der Waals surface area contributed by atoms with Crippen LogP contribution in [0.1, 0.15) is 66.4 Å². The number of hydrogen-bond acceptors (Lipinski definition) is 7. The summed E-state index contributed by atoms with van der Waals surface area (Å²) in [5, 5.41) is 4.65. The van der Waals surface area contributed by atoms with Crippen molar-refractivity contribution in [3.8, 4) is 0 Å². The lowest BCUT2D eigenvalue weighted by molar-refractivity contribution is -0.173. The number of ether oxygens (including phenoxy) is 2.